The highest BCUT2D eigenvalue weighted by Crippen LogP contribution is 2.24. The molecule has 1 atom stereocenters. The summed E-state index contributed by atoms with van der Waals surface area (Å²) in [6, 6.07) is 6.53. The van der Waals surface area contributed by atoms with Gasteiger partial charge in [0.05, 0.1) is 12.3 Å². The zero-order valence-corrected chi connectivity index (χ0v) is 19.5. The number of aromatic nitrogens is 3. The van der Waals surface area contributed by atoms with E-state index >= 15 is 0 Å². The van der Waals surface area contributed by atoms with Crippen LogP contribution in [0.15, 0.2) is 29.4 Å². The van der Waals surface area contributed by atoms with Crippen LogP contribution >= 0.6 is 11.8 Å². The molecule has 6 nitrogen and oxygen atoms in total. The van der Waals surface area contributed by atoms with Crippen LogP contribution in [-0.2, 0) is 11.3 Å². The maximum absolute atomic E-state index is 13.5. The van der Waals surface area contributed by atoms with Crippen molar-refractivity contribution in [1.82, 2.24) is 25.0 Å². The number of rotatable bonds is 11. The fourth-order valence-electron chi connectivity index (χ4n) is 3.88. The number of halogens is 1. The van der Waals surface area contributed by atoms with Gasteiger partial charge in [0.1, 0.15) is 5.82 Å². The van der Waals surface area contributed by atoms with E-state index in [0.717, 1.165) is 37.4 Å². The third kappa shape index (κ3) is 7.31. The Balaban J connectivity index is 1.67. The molecule has 1 aliphatic heterocycles. The van der Waals surface area contributed by atoms with E-state index in [1.54, 1.807) is 12.1 Å². The van der Waals surface area contributed by atoms with Gasteiger partial charge in [-0.25, -0.2) is 4.39 Å². The molecular formula is C23H34FN5OS. The summed E-state index contributed by atoms with van der Waals surface area (Å²) in [7, 11) is 0. The van der Waals surface area contributed by atoms with Crippen molar-refractivity contribution >= 4 is 17.7 Å². The summed E-state index contributed by atoms with van der Waals surface area (Å²) in [5, 5.41) is 12.5. The first kappa shape index (κ1) is 23.7. The minimum atomic E-state index is -0.278. The Bertz CT molecular complexity index is 820. The highest BCUT2D eigenvalue weighted by Gasteiger charge is 2.20. The first-order valence-electron chi connectivity index (χ1n) is 11.4. The summed E-state index contributed by atoms with van der Waals surface area (Å²) in [5.74, 6) is 0.825. The zero-order valence-electron chi connectivity index (χ0n) is 18.6. The molecule has 170 valence electrons. The Hall–Kier alpha value is -1.93. The molecule has 2 aromatic rings. The van der Waals surface area contributed by atoms with Gasteiger partial charge in [-0.05, 0) is 63.5 Å². The summed E-state index contributed by atoms with van der Waals surface area (Å²) in [6.07, 6.45) is 8.16. The van der Waals surface area contributed by atoms with E-state index in [1.165, 1.54) is 56.0 Å². The molecule has 1 aliphatic rings. The average Bonchev–Trinajstić information content (AvgIpc) is 3.16. The molecule has 31 heavy (non-hydrogen) atoms. The smallest absolute Gasteiger partial charge is 0.230 e. The average molecular weight is 448 g/mol. The van der Waals surface area contributed by atoms with Gasteiger partial charge in [-0.1, -0.05) is 44.4 Å². The molecule has 1 unspecified atom stereocenters. The standard InChI is InChI=1S/C23H34FN5OS/c1-3-4-6-9-18(2)25-22(30)17-31-23-27-26-21(16-28-14-7-5-8-15-28)29(23)20-12-10-19(24)11-13-20/h10-13,18H,3-9,14-17H2,1-2H3,(H,25,30). The Morgan fingerprint density at radius 3 is 2.61 bits per heavy atom. The minimum absolute atomic E-state index is 0.000218. The predicted octanol–water partition coefficient (Wildman–Crippen LogP) is 4.57. The molecule has 1 aromatic heterocycles. The highest BCUT2D eigenvalue weighted by atomic mass is 32.2. The van der Waals surface area contributed by atoms with Crippen LogP contribution in [0.3, 0.4) is 0 Å². The zero-order chi connectivity index (χ0) is 22.1. The monoisotopic (exact) mass is 447 g/mol. The van der Waals surface area contributed by atoms with Gasteiger partial charge in [0.15, 0.2) is 11.0 Å². The second-order valence-corrected chi connectivity index (χ2v) is 9.24. The molecule has 2 heterocycles. The van der Waals surface area contributed by atoms with Crippen LogP contribution in [0.4, 0.5) is 4.39 Å². The van der Waals surface area contributed by atoms with Gasteiger partial charge >= 0.3 is 0 Å². The number of carbonyl (C=O) groups is 1. The number of likely N-dealkylation sites (tertiary alicyclic amines) is 1. The van der Waals surface area contributed by atoms with Crippen LogP contribution in [-0.4, -0.2) is 50.5 Å². The van der Waals surface area contributed by atoms with Gasteiger partial charge < -0.3 is 5.32 Å². The van der Waals surface area contributed by atoms with Crippen LogP contribution in [0.2, 0.25) is 0 Å². The van der Waals surface area contributed by atoms with E-state index in [0.29, 0.717) is 11.7 Å². The van der Waals surface area contributed by atoms with E-state index in [1.807, 2.05) is 4.57 Å². The summed E-state index contributed by atoms with van der Waals surface area (Å²) >= 11 is 1.37. The fraction of sp³-hybridized carbons (Fsp3) is 0.609. The molecule has 3 rings (SSSR count). The molecule has 1 saturated heterocycles. The molecule has 1 fully saturated rings. The molecule has 8 heteroatoms. The van der Waals surface area contributed by atoms with E-state index in [9.17, 15) is 9.18 Å². The number of thioether (sulfide) groups is 1. The Morgan fingerprint density at radius 2 is 1.90 bits per heavy atom. The number of hydrogen-bond donors (Lipinski definition) is 1. The van der Waals surface area contributed by atoms with E-state index in [-0.39, 0.29) is 23.5 Å². The van der Waals surface area contributed by atoms with Gasteiger partial charge in [-0.3, -0.25) is 14.3 Å². The van der Waals surface area contributed by atoms with Gasteiger partial charge in [0.2, 0.25) is 5.91 Å². The van der Waals surface area contributed by atoms with Crippen molar-refractivity contribution in [2.24, 2.45) is 0 Å². The van der Waals surface area contributed by atoms with Crippen molar-refractivity contribution in [3.63, 3.8) is 0 Å². The maximum atomic E-state index is 13.5. The van der Waals surface area contributed by atoms with E-state index in [2.05, 4.69) is 34.3 Å². The van der Waals surface area contributed by atoms with Crippen LogP contribution in [0, 0.1) is 5.82 Å². The molecule has 1 amide bonds. The van der Waals surface area contributed by atoms with Gasteiger partial charge in [0, 0.05) is 11.7 Å². The van der Waals surface area contributed by atoms with E-state index in [4.69, 9.17) is 0 Å². The molecule has 0 spiro atoms. The van der Waals surface area contributed by atoms with Crippen molar-refractivity contribution in [1.29, 1.82) is 0 Å². The van der Waals surface area contributed by atoms with E-state index < -0.39 is 0 Å². The molecule has 0 radical (unpaired) electrons. The topological polar surface area (TPSA) is 63.1 Å². The molecule has 0 aliphatic carbocycles. The van der Waals surface area contributed by atoms with Crippen LogP contribution in [0.5, 0.6) is 0 Å². The molecular weight excluding hydrogens is 413 g/mol. The van der Waals surface area contributed by atoms with Gasteiger partial charge in [-0.15, -0.1) is 10.2 Å². The number of nitrogens with zero attached hydrogens (tertiary/aromatic N) is 4. The number of benzene rings is 1. The number of nitrogens with one attached hydrogen (secondary N) is 1. The second kappa shape index (κ2) is 12.2. The third-order valence-electron chi connectivity index (χ3n) is 5.58. The number of unbranched alkanes of at least 4 members (excludes halogenated alkanes) is 2. The number of hydrogen-bond acceptors (Lipinski definition) is 5. The summed E-state index contributed by atoms with van der Waals surface area (Å²) in [4.78, 5) is 14.8. The highest BCUT2D eigenvalue weighted by molar-refractivity contribution is 7.99. The summed E-state index contributed by atoms with van der Waals surface area (Å²) in [6.45, 7) is 7.03. The lowest BCUT2D eigenvalue weighted by molar-refractivity contribution is -0.119. The SMILES string of the molecule is CCCCCC(C)NC(=O)CSc1nnc(CN2CCCCC2)n1-c1ccc(F)cc1. The lowest BCUT2D eigenvalue weighted by Gasteiger charge is -2.26. The molecule has 0 bridgehead atoms. The molecule has 0 saturated carbocycles. The van der Waals surface area contributed by atoms with Crippen molar-refractivity contribution in [3.05, 3.63) is 35.9 Å². The number of amides is 1. The van der Waals surface area contributed by atoms with Crippen molar-refractivity contribution in [3.8, 4) is 5.69 Å². The van der Waals surface area contributed by atoms with Crippen molar-refractivity contribution in [2.45, 2.75) is 76.5 Å². The Labute approximate surface area is 189 Å². The second-order valence-electron chi connectivity index (χ2n) is 8.30. The van der Waals surface area contributed by atoms with Gasteiger partial charge in [-0.2, -0.15) is 0 Å². The first-order chi connectivity index (χ1) is 15.1. The van der Waals surface area contributed by atoms with Crippen LogP contribution in [0.25, 0.3) is 5.69 Å². The third-order valence-corrected chi connectivity index (χ3v) is 6.51. The van der Waals surface area contributed by atoms with Gasteiger partial charge in [0.25, 0.3) is 0 Å². The Morgan fingerprint density at radius 1 is 1.16 bits per heavy atom. The number of carbonyl (C=O) groups excluding carboxylic acids is 1. The van der Waals surface area contributed by atoms with Crippen LogP contribution < -0.4 is 5.32 Å². The summed E-state index contributed by atoms with van der Waals surface area (Å²) < 4.78 is 15.4. The predicted molar refractivity (Wildman–Crippen MR) is 123 cm³/mol. The maximum Gasteiger partial charge on any atom is 0.230 e. The lowest BCUT2D eigenvalue weighted by Crippen LogP contribution is -2.33. The Kier molecular flexibility index (Phi) is 9.33. The number of piperidine rings is 1. The lowest BCUT2D eigenvalue weighted by atomic mass is 10.1. The van der Waals surface area contributed by atoms with Crippen LogP contribution in [0.1, 0.15) is 64.6 Å². The first-order valence-corrected chi connectivity index (χ1v) is 12.4. The van der Waals surface area contributed by atoms with Crippen molar-refractivity contribution in [2.75, 3.05) is 18.8 Å². The normalized spacial score (nSPS) is 15.7. The largest absolute Gasteiger partial charge is 0.353 e. The quantitative estimate of drug-likeness (QED) is 0.404. The van der Waals surface area contributed by atoms with Crippen molar-refractivity contribution < 1.29 is 9.18 Å². The minimum Gasteiger partial charge on any atom is -0.353 e. The fourth-order valence-corrected chi connectivity index (χ4v) is 4.66. The summed E-state index contributed by atoms with van der Waals surface area (Å²) in [5.41, 5.74) is 0.814. The molecule has 1 N–H and O–H groups in total. The molecule has 1 aromatic carbocycles.